The summed E-state index contributed by atoms with van der Waals surface area (Å²) in [6.45, 7) is 9.01. The van der Waals surface area contributed by atoms with Crippen LogP contribution >= 0.6 is 0 Å². The van der Waals surface area contributed by atoms with Crippen LogP contribution in [0, 0.1) is 11.8 Å². The molecule has 0 bridgehead atoms. The van der Waals surface area contributed by atoms with Gasteiger partial charge in [-0.15, -0.1) is 0 Å². The van der Waals surface area contributed by atoms with Crippen LogP contribution < -0.4 is 10.4 Å². The molecule has 2 aliphatic rings. The zero-order chi connectivity index (χ0) is 29.3. The van der Waals surface area contributed by atoms with Gasteiger partial charge in [-0.1, -0.05) is 125 Å². The van der Waals surface area contributed by atoms with Crippen molar-refractivity contribution in [1.29, 1.82) is 0 Å². The number of hydrogen-bond acceptors (Lipinski definition) is 4. The minimum atomic E-state index is -2.75. The lowest BCUT2D eigenvalue weighted by Crippen LogP contribution is -2.67. The van der Waals surface area contributed by atoms with Crippen molar-refractivity contribution in [1.82, 2.24) is 0 Å². The van der Waals surface area contributed by atoms with Crippen LogP contribution in [0.5, 0.6) is 0 Å². The molecule has 4 rings (SSSR count). The Balaban J connectivity index is 1.59. The highest BCUT2D eigenvalue weighted by atomic mass is 28.4. The number of esters is 1. The Bertz CT molecular complexity index is 1140. The number of rotatable bonds is 11. The molecule has 220 valence electrons. The average Bonchev–Trinajstić information content (AvgIpc) is 3.75. The molecule has 1 aliphatic carbocycles. The molecule has 1 N–H and O–H groups in total. The molecule has 1 fully saturated rings. The zero-order valence-corrected chi connectivity index (χ0v) is 26.2. The second kappa shape index (κ2) is 14.4. The fourth-order valence-corrected chi connectivity index (χ4v) is 10.8. The SMILES string of the molecule is CC/C=C\C[C@H](/C=C/[C@H](O)[C@@H]1C[C@H]1[C@@H]1C/C=C\CCCC(=O)O1)O[Si](c1ccccc1)(c1ccccc1)C(C)(C)C. The van der Waals surface area contributed by atoms with Crippen LogP contribution in [0.1, 0.15) is 72.6 Å². The predicted molar refractivity (Wildman–Crippen MR) is 171 cm³/mol. The maximum absolute atomic E-state index is 12.3. The number of cyclic esters (lactones) is 1. The maximum atomic E-state index is 12.3. The van der Waals surface area contributed by atoms with Crippen LogP contribution in [0.2, 0.25) is 5.04 Å². The lowest BCUT2D eigenvalue weighted by molar-refractivity contribution is -0.150. The van der Waals surface area contributed by atoms with Crippen molar-refractivity contribution in [3.8, 4) is 0 Å². The summed E-state index contributed by atoms with van der Waals surface area (Å²) in [6, 6.07) is 21.4. The van der Waals surface area contributed by atoms with Gasteiger partial charge in [-0.25, -0.2) is 0 Å². The van der Waals surface area contributed by atoms with E-state index < -0.39 is 14.4 Å². The van der Waals surface area contributed by atoms with Gasteiger partial charge in [0.25, 0.3) is 8.32 Å². The van der Waals surface area contributed by atoms with Crippen LogP contribution in [-0.2, 0) is 14.0 Å². The molecular weight excluding hydrogens is 524 g/mol. The first-order valence-electron chi connectivity index (χ1n) is 15.4. The van der Waals surface area contributed by atoms with Crippen molar-refractivity contribution in [2.45, 2.75) is 96.0 Å². The van der Waals surface area contributed by atoms with Crippen molar-refractivity contribution >= 4 is 24.7 Å². The summed E-state index contributed by atoms with van der Waals surface area (Å²) in [5.41, 5.74) is 0. The van der Waals surface area contributed by atoms with Crippen LogP contribution in [0.3, 0.4) is 0 Å². The highest BCUT2D eigenvalue weighted by Gasteiger charge is 2.51. The van der Waals surface area contributed by atoms with Gasteiger partial charge in [0.15, 0.2) is 0 Å². The molecule has 0 unspecified atom stereocenters. The van der Waals surface area contributed by atoms with Gasteiger partial charge in [-0.2, -0.15) is 0 Å². The molecule has 0 spiro atoms. The van der Waals surface area contributed by atoms with Crippen molar-refractivity contribution in [3.05, 3.63) is 97.1 Å². The van der Waals surface area contributed by atoms with Crippen molar-refractivity contribution < 1.29 is 19.1 Å². The van der Waals surface area contributed by atoms with Gasteiger partial charge in [0, 0.05) is 18.8 Å². The number of carbonyl (C=O) groups is 1. The molecule has 0 aromatic heterocycles. The third-order valence-electron chi connectivity index (χ3n) is 8.42. The van der Waals surface area contributed by atoms with E-state index in [0.29, 0.717) is 6.42 Å². The van der Waals surface area contributed by atoms with Gasteiger partial charge >= 0.3 is 5.97 Å². The third-order valence-corrected chi connectivity index (χ3v) is 13.5. The van der Waals surface area contributed by atoms with Crippen molar-refractivity contribution in [3.63, 3.8) is 0 Å². The van der Waals surface area contributed by atoms with E-state index in [0.717, 1.165) is 38.5 Å². The lowest BCUT2D eigenvalue weighted by atomic mass is 10.1. The lowest BCUT2D eigenvalue weighted by Gasteiger charge is -2.44. The summed E-state index contributed by atoms with van der Waals surface area (Å²) in [6.07, 6.45) is 17.2. The Kier molecular flexibility index (Phi) is 11.0. The van der Waals surface area contributed by atoms with Gasteiger partial charge in [-0.3, -0.25) is 4.79 Å². The first kappa shape index (κ1) is 31.2. The Hall–Kier alpha value is -2.73. The molecular formula is C36H48O4Si. The van der Waals surface area contributed by atoms with Crippen LogP contribution in [-0.4, -0.2) is 37.7 Å². The molecule has 41 heavy (non-hydrogen) atoms. The van der Waals surface area contributed by atoms with Crippen molar-refractivity contribution in [2.24, 2.45) is 11.8 Å². The Labute approximate surface area is 248 Å². The number of allylic oxidation sites excluding steroid dienone is 2. The van der Waals surface area contributed by atoms with Crippen molar-refractivity contribution in [2.75, 3.05) is 0 Å². The number of ether oxygens (including phenoxy) is 1. The van der Waals surface area contributed by atoms with Gasteiger partial charge < -0.3 is 14.3 Å². The quantitative estimate of drug-likeness (QED) is 0.181. The average molecular weight is 573 g/mol. The Morgan fingerprint density at radius 3 is 2.27 bits per heavy atom. The van der Waals surface area contributed by atoms with Gasteiger partial charge in [0.05, 0.1) is 12.2 Å². The Morgan fingerprint density at radius 1 is 1.00 bits per heavy atom. The fourth-order valence-electron chi connectivity index (χ4n) is 6.17. The first-order chi connectivity index (χ1) is 19.8. The molecule has 4 nitrogen and oxygen atoms in total. The van der Waals surface area contributed by atoms with Gasteiger partial charge in [-0.05, 0) is 53.4 Å². The van der Waals surface area contributed by atoms with E-state index in [9.17, 15) is 9.90 Å². The molecule has 1 aliphatic heterocycles. The van der Waals surface area contributed by atoms with E-state index >= 15 is 0 Å². The Morgan fingerprint density at radius 2 is 1.66 bits per heavy atom. The molecule has 0 radical (unpaired) electrons. The molecule has 2 aromatic carbocycles. The summed E-state index contributed by atoms with van der Waals surface area (Å²) in [5, 5.41) is 13.6. The molecule has 5 heteroatoms. The van der Waals surface area contributed by atoms with E-state index in [2.05, 4.69) is 119 Å². The topological polar surface area (TPSA) is 55.8 Å². The third kappa shape index (κ3) is 7.97. The largest absolute Gasteiger partial charge is 0.462 e. The van der Waals surface area contributed by atoms with Crippen LogP contribution in [0.15, 0.2) is 97.1 Å². The van der Waals surface area contributed by atoms with Crippen LogP contribution in [0.25, 0.3) is 0 Å². The highest BCUT2D eigenvalue weighted by molar-refractivity contribution is 6.99. The summed E-state index contributed by atoms with van der Waals surface area (Å²) in [7, 11) is -2.75. The van der Waals surface area contributed by atoms with Gasteiger partial charge in [0.2, 0.25) is 0 Å². The van der Waals surface area contributed by atoms with Crippen LogP contribution in [0.4, 0.5) is 0 Å². The summed E-state index contributed by atoms with van der Waals surface area (Å²) < 4.78 is 13.2. The maximum Gasteiger partial charge on any atom is 0.306 e. The zero-order valence-electron chi connectivity index (χ0n) is 25.2. The smallest absolute Gasteiger partial charge is 0.306 e. The number of hydrogen-bond donors (Lipinski definition) is 1. The van der Waals surface area contributed by atoms with E-state index in [4.69, 9.17) is 9.16 Å². The minimum Gasteiger partial charge on any atom is -0.462 e. The standard InChI is InChI=1S/C36H48O4Si/c1-5-6-11-18-28(25-26-33(37)31-27-32(31)34-23-16-7-8-17-24-35(38)39-34)40-41(36(2,3)4,29-19-12-9-13-20-29)30-21-14-10-15-22-30/h6-7,9-16,19-22,25-26,28,31-34,37H,5,8,17-18,23-24,27H2,1-4H3/b11-6-,16-7-,26-25+/t28-,31-,32-,33+,34+/m1/s1. The molecule has 1 heterocycles. The molecule has 1 saturated carbocycles. The first-order valence-corrected chi connectivity index (χ1v) is 17.3. The molecule has 0 saturated heterocycles. The van der Waals surface area contributed by atoms with Gasteiger partial charge in [0.1, 0.15) is 6.10 Å². The summed E-state index contributed by atoms with van der Waals surface area (Å²) in [5.74, 6) is 0.172. The van der Waals surface area contributed by atoms with E-state index in [1.54, 1.807) is 0 Å². The second-order valence-corrected chi connectivity index (χ2v) is 16.8. The summed E-state index contributed by atoms with van der Waals surface area (Å²) in [4.78, 5) is 12.3. The second-order valence-electron chi connectivity index (χ2n) is 12.5. The number of benzene rings is 2. The van der Waals surface area contributed by atoms with E-state index in [-0.39, 0.29) is 35.1 Å². The van der Waals surface area contributed by atoms with E-state index in [1.165, 1.54) is 10.4 Å². The fraction of sp³-hybridized carbons (Fsp3) is 0.472. The monoisotopic (exact) mass is 572 g/mol. The highest BCUT2D eigenvalue weighted by Crippen LogP contribution is 2.47. The molecule has 0 amide bonds. The number of aliphatic hydroxyl groups is 1. The van der Waals surface area contributed by atoms with E-state index in [1.807, 2.05) is 6.08 Å². The summed E-state index contributed by atoms with van der Waals surface area (Å²) >= 11 is 0. The molecule has 2 aromatic rings. The predicted octanol–water partition coefficient (Wildman–Crippen LogP) is 6.88. The normalized spacial score (nSPS) is 24.3. The molecule has 5 atom stereocenters. The number of carbonyl (C=O) groups excluding carboxylic acids is 1. The minimum absolute atomic E-state index is 0.0953. The number of aliphatic hydroxyl groups excluding tert-OH is 1.